The van der Waals surface area contributed by atoms with Crippen LogP contribution >= 0.6 is 0 Å². The highest BCUT2D eigenvalue weighted by molar-refractivity contribution is 5.79. The van der Waals surface area contributed by atoms with Crippen molar-refractivity contribution >= 4 is 23.9 Å². The molecule has 7 atom stereocenters. The van der Waals surface area contributed by atoms with Crippen LogP contribution in [-0.2, 0) is 23.9 Å². The molecule has 9 heteroatoms. The number of benzene rings is 1. The number of hydrogen-bond acceptors (Lipinski definition) is 8. The summed E-state index contributed by atoms with van der Waals surface area (Å²) in [6, 6.07) is 3.21. The Bertz CT molecular complexity index is 962. The highest BCUT2D eigenvalue weighted by Gasteiger charge is 2.36. The molecule has 0 aromatic heterocycles. The van der Waals surface area contributed by atoms with Gasteiger partial charge in [0.2, 0.25) is 0 Å². The average molecular weight is 536 g/mol. The maximum Gasteiger partial charge on any atom is 0.321 e. The standard InChI is InChI=1S/C29H45NO8/c1-9-16(4)14-24(31)36-20(8)19(7)25(26(30)27(32)33)21-12-13-22(37-28(34)17(5)10-2)23(15-21)38-29(35)18(6)11-3/h12-13,15-20,25-26H,9-11,14,30H2,1-8H3,(H,32,33)/t16?,17?,18?,19?,20?,25?,26-/m0/s1. The summed E-state index contributed by atoms with van der Waals surface area (Å²) in [5.74, 6) is -4.45. The van der Waals surface area contributed by atoms with E-state index in [4.69, 9.17) is 19.9 Å². The molecule has 1 aromatic carbocycles. The zero-order valence-corrected chi connectivity index (χ0v) is 24.0. The minimum atomic E-state index is -1.34. The molecule has 214 valence electrons. The van der Waals surface area contributed by atoms with Gasteiger partial charge in [0, 0.05) is 18.3 Å². The van der Waals surface area contributed by atoms with E-state index in [-0.39, 0.29) is 35.7 Å². The van der Waals surface area contributed by atoms with Gasteiger partial charge < -0.3 is 25.1 Å². The minimum Gasteiger partial charge on any atom is -0.480 e. The van der Waals surface area contributed by atoms with E-state index in [2.05, 4.69) is 0 Å². The van der Waals surface area contributed by atoms with Gasteiger partial charge in [0.1, 0.15) is 12.1 Å². The third-order valence-electron chi connectivity index (χ3n) is 7.31. The van der Waals surface area contributed by atoms with Crippen molar-refractivity contribution in [2.45, 2.75) is 99.1 Å². The van der Waals surface area contributed by atoms with Crippen molar-refractivity contribution < 1.29 is 38.5 Å². The van der Waals surface area contributed by atoms with Gasteiger partial charge in [0.05, 0.1) is 11.8 Å². The Morgan fingerprint density at radius 3 is 1.84 bits per heavy atom. The Hall–Kier alpha value is -2.94. The van der Waals surface area contributed by atoms with E-state index in [1.807, 2.05) is 27.7 Å². The fraction of sp³-hybridized carbons (Fsp3) is 0.655. The Balaban J connectivity index is 3.46. The molecule has 0 fully saturated rings. The van der Waals surface area contributed by atoms with Crippen LogP contribution in [0.15, 0.2) is 18.2 Å². The van der Waals surface area contributed by atoms with E-state index in [0.717, 1.165) is 6.42 Å². The van der Waals surface area contributed by atoms with E-state index < -0.39 is 47.8 Å². The minimum absolute atomic E-state index is 0.000611. The summed E-state index contributed by atoms with van der Waals surface area (Å²) in [6.45, 7) is 14.6. The van der Waals surface area contributed by atoms with Crippen LogP contribution in [0.1, 0.15) is 92.6 Å². The van der Waals surface area contributed by atoms with Gasteiger partial charge >= 0.3 is 23.9 Å². The molecule has 1 rings (SSSR count). The summed E-state index contributed by atoms with van der Waals surface area (Å²) in [7, 11) is 0. The van der Waals surface area contributed by atoms with Crippen LogP contribution in [-0.4, -0.2) is 41.1 Å². The lowest BCUT2D eigenvalue weighted by Gasteiger charge is -2.32. The van der Waals surface area contributed by atoms with Crippen molar-refractivity contribution in [1.29, 1.82) is 0 Å². The topological polar surface area (TPSA) is 142 Å². The van der Waals surface area contributed by atoms with Crippen molar-refractivity contribution in [2.24, 2.45) is 29.4 Å². The van der Waals surface area contributed by atoms with Crippen molar-refractivity contribution in [1.82, 2.24) is 0 Å². The molecule has 38 heavy (non-hydrogen) atoms. The SMILES string of the molecule is CCC(C)CC(=O)OC(C)C(C)C(c1ccc(OC(=O)C(C)CC)c(OC(=O)C(C)CC)c1)[C@H](N)C(=O)O. The molecule has 0 amide bonds. The van der Waals surface area contributed by atoms with Crippen LogP contribution < -0.4 is 15.2 Å². The summed E-state index contributed by atoms with van der Waals surface area (Å²) < 4.78 is 16.8. The predicted octanol–water partition coefficient (Wildman–Crippen LogP) is 5.09. The molecular formula is C29H45NO8. The number of carbonyl (C=O) groups excluding carboxylic acids is 3. The van der Waals surface area contributed by atoms with Gasteiger partial charge in [-0.2, -0.15) is 0 Å². The van der Waals surface area contributed by atoms with Crippen molar-refractivity contribution in [3.8, 4) is 11.5 Å². The average Bonchev–Trinajstić information content (AvgIpc) is 2.88. The highest BCUT2D eigenvalue weighted by atomic mass is 16.6. The molecule has 0 saturated carbocycles. The quantitative estimate of drug-likeness (QED) is 0.232. The van der Waals surface area contributed by atoms with E-state index in [1.54, 1.807) is 33.8 Å². The Morgan fingerprint density at radius 1 is 0.842 bits per heavy atom. The molecule has 0 aliphatic heterocycles. The number of esters is 3. The summed E-state index contributed by atoms with van der Waals surface area (Å²) in [6.07, 6.45) is 1.56. The Morgan fingerprint density at radius 2 is 1.37 bits per heavy atom. The second-order valence-electron chi connectivity index (χ2n) is 10.3. The Kier molecular flexibility index (Phi) is 13.5. The molecule has 0 aliphatic carbocycles. The second-order valence-corrected chi connectivity index (χ2v) is 10.3. The summed E-state index contributed by atoms with van der Waals surface area (Å²) >= 11 is 0. The van der Waals surface area contributed by atoms with Gasteiger partial charge in [-0.3, -0.25) is 19.2 Å². The van der Waals surface area contributed by atoms with Crippen LogP contribution in [0.4, 0.5) is 0 Å². The second kappa shape index (κ2) is 15.5. The number of carboxylic acid groups (broad SMARTS) is 1. The van der Waals surface area contributed by atoms with Gasteiger partial charge in [-0.15, -0.1) is 0 Å². The predicted molar refractivity (Wildman–Crippen MR) is 144 cm³/mol. The highest BCUT2D eigenvalue weighted by Crippen LogP contribution is 2.38. The van der Waals surface area contributed by atoms with Crippen molar-refractivity contribution in [3.05, 3.63) is 23.8 Å². The van der Waals surface area contributed by atoms with E-state index in [0.29, 0.717) is 18.4 Å². The van der Waals surface area contributed by atoms with Gasteiger partial charge in [0.15, 0.2) is 11.5 Å². The largest absolute Gasteiger partial charge is 0.480 e. The van der Waals surface area contributed by atoms with Crippen molar-refractivity contribution in [3.63, 3.8) is 0 Å². The van der Waals surface area contributed by atoms with Crippen LogP contribution in [0.2, 0.25) is 0 Å². The molecule has 0 bridgehead atoms. The van der Waals surface area contributed by atoms with Gasteiger partial charge in [-0.1, -0.05) is 61.0 Å². The summed E-state index contributed by atoms with van der Waals surface area (Å²) in [5, 5.41) is 9.77. The molecule has 0 heterocycles. The maximum atomic E-state index is 12.6. The van der Waals surface area contributed by atoms with Crippen LogP contribution in [0.3, 0.4) is 0 Å². The molecule has 0 radical (unpaired) electrons. The molecule has 9 nitrogen and oxygen atoms in total. The molecular weight excluding hydrogens is 490 g/mol. The monoisotopic (exact) mass is 535 g/mol. The summed E-state index contributed by atoms with van der Waals surface area (Å²) in [5.41, 5.74) is 6.58. The maximum absolute atomic E-state index is 12.6. The number of nitrogens with two attached hydrogens (primary N) is 1. The third-order valence-corrected chi connectivity index (χ3v) is 7.31. The number of hydrogen-bond donors (Lipinski definition) is 2. The van der Waals surface area contributed by atoms with E-state index >= 15 is 0 Å². The lowest BCUT2D eigenvalue weighted by molar-refractivity contribution is -0.152. The molecule has 6 unspecified atom stereocenters. The lowest BCUT2D eigenvalue weighted by Crippen LogP contribution is -2.42. The number of ether oxygens (including phenoxy) is 3. The number of carboxylic acids is 1. The van der Waals surface area contributed by atoms with Gasteiger partial charge in [-0.05, 0) is 43.4 Å². The first-order valence-electron chi connectivity index (χ1n) is 13.5. The van der Waals surface area contributed by atoms with E-state index in [1.165, 1.54) is 12.1 Å². The smallest absolute Gasteiger partial charge is 0.321 e. The zero-order valence-electron chi connectivity index (χ0n) is 24.0. The van der Waals surface area contributed by atoms with Crippen molar-refractivity contribution in [2.75, 3.05) is 0 Å². The van der Waals surface area contributed by atoms with Crippen LogP contribution in [0, 0.1) is 23.7 Å². The lowest BCUT2D eigenvalue weighted by atomic mass is 9.79. The first kappa shape index (κ1) is 33.1. The normalized spacial score (nSPS) is 16.8. The van der Waals surface area contributed by atoms with Gasteiger partial charge in [-0.25, -0.2) is 0 Å². The Labute approximate surface area is 226 Å². The fourth-order valence-electron chi connectivity index (χ4n) is 3.72. The summed E-state index contributed by atoms with van der Waals surface area (Å²) in [4.78, 5) is 49.5. The number of aliphatic carboxylic acids is 1. The molecule has 0 spiro atoms. The molecule has 1 aromatic rings. The first-order chi connectivity index (χ1) is 17.8. The number of rotatable bonds is 15. The van der Waals surface area contributed by atoms with Crippen LogP contribution in [0.5, 0.6) is 11.5 Å². The molecule has 0 aliphatic rings. The zero-order chi connectivity index (χ0) is 29.2. The first-order valence-corrected chi connectivity index (χ1v) is 13.5. The molecule has 0 saturated heterocycles. The van der Waals surface area contributed by atoms with Crippen LogP contribution in [0.25, 0.3) is 0 Å². The van der Waals surface area contributed by atoms with Gasteiger partial charge in [0.25, 0.3) is 0 Å². The number of carbonyl (C=O) groups is 4. The molecule has 3 N–H and O–H groups in total. The third kappa shape index (κ3) is 9.42. The van der Waals surface area contributed by atoms with E-state index in [9.17, 15) is 24.3 Å². The fourth-order valence-corrected chi connectivity index (χ4v) is 3.72.